The zero-order valence-electron chi connectivity index (χ0n) is 12.4. The fraction of sp³-hybridized carbons (Fsp3) is 0.235. The summed E-state index contributed by atoms with van der Waals surface area (Å²) in [6, 6.07) is 17.1. The van der Waals surface area contributed by atoms with Crippen molar-refractivity contribution in [2.45, 2.75) is 25.6 Å². The van der Waals surface area contributed by atoms with Crippen LogP contribution in [0.1, 0.15) is 12.5 Å². The minimum absolute atomic E-state index is 0.415. The van der Waals surface area contributed by atoms with Gasteiger partial charge in [-0.3, -0.25) is 15.3 Å². The zero-order chi connectivity index (χ0) is 15.9. The van der Waals surface area contributed by atoms with E-state index in [0.29, 0.717) is 6.54 Å². The van der Waals surface area contributed by atoms with Gasteiger partial charge in [-0.25, -0.2) is 5.48 Å². The summed E-state index contributed by atoms with van der Waals surface area (Å²) in [5, 5.41) is 21.1. The summed E-state index contributed by atoms with van der Waals surface area (Å²) < 4.78 is 0. The van der Waals surface area contributed by atoms with Crippen molar-refractivity contribution in [3.63, 3.8) is 0 Å². The van der Waals surface area contributed by atoms with E-state index in [4.69, 9.17) is 5.21 Å². The van der Waals surface area contributed by atoms with E-state index >= 15 is 0 Å². The van der Waals surface area contributed by atoms with Gasteiger partial charge < -0.3 is 5.11 Å². The van der Waals surface area contributed by atoms with Gasteiger partial charge in [-0.05, 0) is 23.6 Å². The first-order valence-electron chi connectivity index (χ1n) is 7.11. The lowest BCUT2D eigenvalue weighted by Crippen LogP contribution is -2.49. The molecule has 0 unspecified atom stereocenters. The summed E-state index contributed by atoms with van der Waals surface area (Å²) in [4.78, 5) is 11.4. The van der Waals surface area contributed by atoms with E-state index in [2.05, 4.69) is 5.32 Å². The molecule has 5 heteroatoms. The summed E-state index contributed by atoms with van der Waals surface area (Å²) in [5.74, 6) is -0.657. The zero-order valence-corrected chi connectivity index (χ0v) is 12.4. The second kappa shape index (κ2) is 7.70. The fourth-order valence-electron chi connectivity index (χ4n) is 2.23. The van der Waals surface area contributed by atoms with Gasteiger partial charge >= 0.3 is 0 Å². The van der Waals surface area contributed by atoms with E-state index in [0.717, 1.165) is 16.7 Å². The average molecular weight is 300 g/mol. The Labute approximate surface area is 129 Å². The first kappa shape index (κ1) is 16.2. The first-order chi connectivity index (χ1) is 10.6. The highest BCUT2D eigenvalue weighted by molar-refractivity contribution is 5.81. The van der Waals surface area contributed by atoms with Crippen LogP contribution in [-0.2, 0) is 11.3 Å². The van der Waals surface area contributed by atoms with Crippen LogP contribution in [0.2, 0.25) is 0 Å². The molecule has 116 valence electrons. The lowest BCUT2D eigenvalue weighted by molar-refractivity contribution is -0.133. The van der Waals surface area contributed by atoms with Crippen LogP contribution in [0.3, 0.4) is 0 Å². The lowest BCUT2D eigenvalue weighted by Gasteiger charge is -2.19. The number of aliphatic hydroxyl groups is 1. The number of hydrogen-bond acceptors (Lipinski definition) is 4. The van der Waals surface area contributed by atoms with Crippen molar-refractivity contribution in [1.82, 2.24) is 10.8 Å². The summed E-state index contributed by atoms with van der Waals surface area (Å²) in [7, 11) is 0. The number of carbonyl (C=O) groups excluding carboxylic acids is 1. The number of aliphatic hydroxyl groups excluding tert-OH is 1. The molecule has 0 aliphatic heterocycles. The Bertz CT molecular complexity index is 597. The SMILES string of the molecule is C[C@H](O)[C@H](NCc1ccc(-c2ccccc2)cc1)C(=O)NO. The van der Waals surface area contributed by atoms with Crippen LogP contribution in [0.4, 0.5) is 0 Å². The van der Waals surface area contributed by atoms with Gasteiger partial charge in [0, 0.05) is 6.54 Å². The van der Waals surface area contributed by atoms with Gasteiger partial charge in [0.05, 0.1) is 6.10 Å². The van der Waals surface area contributed by atoms with Crippen LogP contribution in [0, 0.1) is 0 Å². The van der Waals surface area contributed by atoms with Gasteiger partial charge in [-0.2, -0.15) is 0 Å². The highest BCUT2D eigenvalue weighted by Crippen LogP contribution is 2.19. The van der Waals surface area contributed by atoms with Crippen LogP contribution < -0.4 is 10.8 Å². The molecule has 5 nitrogen and oxygen atoms in total. The first-order valence-corrected chi connectivity index (χ1v) is 7.11. The maximum Gasteiger partial charge on any atom is 0.263 e. The molecule has 1 amide bonds. The molecule has 0 aliphatic rings. The summed E-state index contributed by atoms with van der Waals surface area (Å²) >= 11 is 0. The molecule has 22 heavy (non-hydrogen) atoms. The number of carbonyl (C=O) groups is 1. The van der Waals surface area contributed by atoms with E-state index in [1.807, 2.05) is 54.6 Å². The third-order valence-corrected chi connectivity index (χ3v) is 3.46. The molecular formula is C17H20N2O3. The minimum Gasteiger partial charge on any atom is -0.391 e. The smallest absolute Gasteiger partial charge is 0.263 e. The van der Waals surface area contributed by atoms with Gasteiger partial charge in [0.1, 0.15) is 6.04 Å². The largest absolute Gasteiger partial charge is 0.391 e. The van der Waals surface area contributed by atoms with Crippen LogP contribution in [0.15, 0.2) is 54.6 Å². The van der Waals surface area contributed by atoms with E-state index in [1.165, 1.54) is 6.92 Å². The van der Waals surface area contributed by atoms with Crippen molar-refractivity contribution >= 4 is 5.91 Å². The second-order valence-electron chi connectivity index (χ2n) is 5.14. The molecule has 4 N–H and O–H groups in total. The number of hydroxylamine groups is 1. The highest BCUT2D eigenvalue weighted by atomic mass is 16.5. The van der Waals surface area contributed by atoms with E-state index in [1.54, 1.807) is 5.48 Å². The third kappa shape index (κ3) is 4.14. The van der Waals surface area contributed by atoms with E-state index in [-0.39, 0.29) is 0 Å². The molecule has 0 fully saturated rings. The molecule has 0 saturated carbocycles. The molecule has 0 radical (unpaired) electrons. The molecule has 0 bridgehead atoms. The van der Waals surface area contributed by atoms with Crippen molar-refractivity contribution < 1.29 is 15.1 Å². The summed E-state index contributed by atoms with van der Waals surface area (Å²) in [6.07, 6.45) is -0.907. The maximum absolute atomic E-state index is 11.4. The summed E-state index contributed by atoms with van der Waals surface area (Å²) in [6.45, 7) is 1.91. The normalized spacial score (nSPS) is 13.4. The van der Waals surface area contributed by atoms with Gasteiger partial charge in [0.2, 0.25) is 0 Å². The monoisotopic (exact) mass is 300 g/mol. The van der Waals surface area contributed by atoms with Gasteiger partial charge in [0.15, 0.2) is 0 Å². The number of nitrogens with one attached hydrogen (secondary N) is 2. The molecular weight excluding hydrogens is 280 g/mol. The quantitative estimate of drug-likeness (QED) is 0.483. The predicted octanol–water partition coefficient (Wildman–Crippen LogP) is 1.70. The van der Waals surface area contributed by atoms with E-state index in [9.17, 15) is 9.90 Å². The number of amides is 1. The number of rotatable bonds is 6. The molecule has 0 aliphatic carbocycles. The molecule has 0 heterocycles. The van der Waals surface area contributed by atoms with Crippen molar-refractivity contribution in [3.8, 4) is 11.1 Å². The molecule has 2 rings (SSSR count). The van der Waals surface area contributed by atoms with E-state index < -0.39 is 18.1 Å². The van der Waals surface area contributed by atoms with Gasteiger partial charge in [-0.15, -0.1) is 0 Å². The Kier molecular flexibility index (Phi) is 5.66. The highest BCUT2D eigenvalue weighted by Gasteiger charge is 2.22. The molecule has 2 aromatic carbocycles. The average Bonchev–Trinajstić information content (AvgIpc) is 2.56. The van der Waals surface area contributed by atoms with Crippen LogP contribution in [0.5, 0.6) is 0 Å². The molecule has 2 atom stereocenters. The third-order valence-electron chi connectivity index (χ3n) is 3.46. The van der Waals surface area contributed by atoms with Crippen LogP contribution in [-0.4, -0.2) is 28.4 Å². The van der Waals surface area contributed by atoms with Crippen molar-refractivity contribution in [2.24, 2.45) is 0 Å². The Morgan fingerprint density at radius 1 is 1.05 bits per heavy atom. The van der Waals surface area contributed by atoms with Crippen LogP contribution in [0.25, 0.3) is 11.1 Å². The minimum atomic E-state index is -0.907. The lowest BCUT2D eigenvalue weighted by atomic mass is 10.0. The Balaban J connectivity index is 2.01. The topological polar surface area (TPSA) is 81.6 Å². The van der Waals surface area contributed by atoms with Crippen LogP contribution >= 0.6 is 0 Å². The van der Waals surface area contributed by atoms with Gasteiger partial charge in [-0.1, -0.05) is 54.6 Å². The molecule has 0 saturated heterocycles. The number of benzene rings is 2. The van der Waals surface area contributed by atoms with Crippen molar-refractivity contribution in [2.75, 3.05) is 0 Å². The van der Waals surface area contributed by atoms with Crippen molar-refractivity contribution in [1.29, 1.82) is 0 Å². The van der Waals surface area contributed by atoms with Gasteiger partial charge in [0.25, 0.3) is 5.91 Å². The predicted molar refractivity (Wildman–Crippen MR) is 84.1 cm³/mol. The Hall–Kier alpha value is -2.21. The Morgan fingerprint density at radius 3 is 2.18 bits per heavy atom. The number of hydrogen-bond donors (Lipinski definition) is 4. The maximum atomic E-state index is 11.4. The molecule has 2 aromatic rings. The van der Waals surface area contributed by atoms with Crippen molar-refractivity contribution in [3.05, 3.63) is 60.2 Å². The summed E-state index contributed by atoms with van der Waals surface area (Å²) in [5.41, 5.74) is 4.79. The standard InChI is InChI=1S/C17H20N2O3/c1-12(20)16(17(21)19-22)18-11-13-7-9-15(10-8-13)14-5-3-2-4-6-14/h2-10,12,16,18,20,22H,11H2,1H3,(H,19,21)/t12-,16-/m0/s1. The molecule has 0 aromatic heterocycles. The second-order valence-corrected chi connectivity index (χ2v) is 5.14. The Morgan fingerprint density at radius 2 is 1.64 bits per heavy atom. The fourth-order valence-corrected chi connectivity index (χ4v) is 2.23. The molecule has 0 spiro atoms.